The largest absolute Gasteiger partial charge is 0.470 e. The van der Waals surface area contributed by atoms with Gasteiger partial charge < -0.3 is 10.1 Å². The summed E-state index contributed by atoms with van der Waals surface area (Å²) in [6, 6.07) is 5.72. The van der Waals surface area contributed by atoms with E-state index in [9.17, 15) is 0 Å². The fourth-order valence-electron chi connectivity index (χ4n) is 1.54. The molecule has 1 unspecified atom stereocenters. The molecule has 1 aromatic rings. The second-order valence-electron chi connectivity index (χ2n) is 3.65. The number of nitrogens with zero attached hydrogens (tertiary/aromatic N) is 1. The molecule has 1 aliphatic rings. The molecule has 0 aromatic carbocycles. The van der Waals surface area contributed by atoms with Crippen LogP contribution in [-0.2, 0) is 0 Å². The molecule has 2 rings (SSSR count). The van der Waals surface area contributed by atoms with Crippen molar-refractivity contribution in [2.24, 2.45) is 0 Å². The zero-order chi connectivity index (χ0) is 9.15. The maximum absolute atomic E-state index is 5.79. The summed E-state index contributed by atoms with van der Waals surface area (Å²) in [6.07, 6.45) is 2.80. The maximum Gasteiger partial charge on any atom is 0.213 e. The summed E-state index contributed by atoms with van der Waals surface area (Å²) in [5, 5.41) is 3.28. The summed E-state index contributed by atoms with van der Waals surface area (Å²) in [5.74, 6) is 0.716. The molecule has 1 atom stereocenters. The zero-order valence-electron chi connectivity index (χ0n) is 7.79. The van der Waals surface area contributed by atoms with Crippen molar-refractivity contribution in [1.82, 2.24) is 10.3 Å². The van der Waals surface area contributed by atoms with Gasteiger partial charge in [-0.05, 0) is 19.5 Å². The van der Waals surface area contributed by atoms with Gasteiger partial charge in [0.2, 0.25) is 5.88 Å². The highest BCUT2D eigenvalue weighted by Crippen LogP contribution is 2.21. The van der Waals surface area contributed by atoms with Crippen LogP contribution < -0.4 is 10.1 Å². The van der Waals surface area contributed by atoms with Gasteiger partial charge in [-0.15, -0.1) is 0 Å². The van der Waals surface area contributed by atoms with Gasteiger partial charge >= 0.3 is 0 Å². The monoisotopic (exact) mass is 178 g/mol. The van der Waals surface area contributed by atoms with Crippen molar-refractivity contribution in [1.29, 1.82) is 0 Å². The number of hydrogen-bond donors (Lipinski definition) is 1. The van der Waals surface area contributed by atoms with Gasteiger partial charge in [-0.3, -0.25) is 0 Å². The van der Waals surface area contributed by atoms with E-state index in [1.807, 2.05) is 18.2 Å². The Morgan fingerprint density at radius 3 is 3.08 bits per heavy atom. The fourth-order valence-corrected chi connectivity index (χ4v) is 1.54. The Kier molecular flexibility index (Phi) is 2.19. The van der Waals surface area contributed by atoms with Gasteiger partial charge in [0.1, 0.15) is 5.60 Å². The highest BCUT2D eigenvalue weighted by molar-refractivity contribution is 5.11. The molecule has 1 fully saturated rings. The lowest BCUT2D eigenvalue weighted by molar-refractivity contribution is 0.105. The van der Waals surface area contributed by atoms with Gasteiger partial charge in [-0.2, -0.15) is 0 Å². The van der Waals surface area contributed by atoms with Crippen molar-refractivity contribution in [3.05, 3.63) is 24.4 Å². The Labute approximate surface area is 78.1 Å². The van der Waals surface area contributed by atoms with Gasteiger partial charge in [0, 0.05) is 25.2 Å². The Morgan fingerprint density at radius 2 is 2.46 bits per heavy atom. The molecule has 0 spiro atoms. The fraction of sp³-hybridized carbons (Fsp3) is 0.500. The van der Waals surface area contributed by atoms with E-state index >= 15 is 0 Å². The van der Waals surface area contributed by atoms with E-state index in [-0.39, 0.29) is 5.60 Å². The molecule has 1 N–H and O–H groups in total. The molecule has 1 aromatic heterocycles. The third-order valence-corrected chi connectivity index (χ3v) is 2.32. The summed E-state index contributed by atoms with van der Waals surface area (Å²) in [6.45, 7) is 4.05. The molecule has 3 heteroatoms. The Balaban J connectivity index is 2.05. The molecular formula is C10H14N2O. The van der Waals surface area contributed by atoms with Crippen LogP contribution in [0.5, 0.6) is 5.88 Å². The molecule has 3 nitrogen and oxygen atoms in total. The highest BCUT2D eigenvalue weighted by atomic mass is 16.5. The molecule has 13 heavy (non-hydrogen) atoms. The van der Waals surface area contributed by atoms with Crippen LogP contribution in [0.25, 0.3) is 0 Å². The molecule has 0 amide bonds. The summed E-state index contributed by atoms with van der Waals surface area (Å²) in [5.41, 5.74) is -0.0750. The van der Waals surface area contributed by atoms with Crippen LogP contribution in [0.3, 0.4) is 0 Å². The Morgan fingerprint density at radius 1 is 1.54 bits per heavy atom. The molecule has 1 aliphatic heterocycles. The van der Waals surface area contributed by atoms with E-state index in [2.05, 4.69) is 17.2 Å². The normalized spacial score (nSPS) is 27.5. The Bertz CT molecular complexity index is 268. The molecule has 1 saturated heterocycles. The van der Waals surface area contributed by atoms with Gasteiger partial charge in [0.25, 0.3) is 0 Å². The molecule has 2 heterocycles. The zero-order valence-corrected chi connectivity index (χ0v) is 7.79. The van der Waals surface area contributed by atoms with Crippen LogP contribution in [0.2, 0.25) is 0 Å². The number of ether oxygens (including phenoxy) is 1. The first-order valence-corrected chi connectivity index (χ1v) is 4.59. The smallest absolute Gasteiger partial charge is 0.213 e. The second-order valence-corrected chi connectivity index (χ2v) is 3.65. The SMILES string of the molecule is CC1(Oc2ccccn2)CCNC1. The predicted molar refractivity (Wildman–Crippen MR) is 50.8 cm³/mol. The van der Waals surface area contributed by atoms with E-state index in [1.54, 1.807) is 6.20 Å². The van der Waals surface area contributed by atoms with Crippen LogP contribution in [-0.4, -0.2) is 23.7 Å². The van der Waals surface area contributed by atoms with Crippen molar-refractivity contribution in [2.75, 3.05) is 13.1 Å². The van der Waals surface area contributed by atoms with Crippen LogP contribution in [0.15, 0.2) is 24.4 Å². The molecule has 70 valence electrons. The quantitative estimate of drug-likeness (QED) is 0.739. The van der Waals surface area contributed by atoms with Crippen molar-refractivity contribution in [3.63, 3.8) is 0 Å². The first-order valence-electron chi connectivity index (χ1n) is 4.59. The average Bonchev–Trinajstić information content (AvgIpc) is 2.54. The predicted octanol–water partition coefficient (Wildman–Crippen LogP) is 1.21. The highest BCUT2D eigenvalue weighted by Gasteiger charge is 2.30. The van der Waals surface area contributed by atoms with E-state index in [0.717, 1.165) is 19.5 Å². The number of aromatic nitrogens is 1. The molecule has 0 aliphatic carbocycles. The summed E-state index contributed by atoms with van der Waals surface area (Å²) < 4.78 is 5.79. The van der Waals surface area contributed by atoms with Crippen LogP contribution >= 0.6 is 0 Å². The summed E-state index contributed by atoms with van der Waals surface area (Å²) in [7, 11) is 0. The first kappa shape index (κ1) is 8.51. The van der Waals surface area contributed by atoms with Crippen molar-refractivity contribution >= 4 is 0 Å². The number of pyridine rings is 1. The topological polar surface area (TPSA) is 34.1 Å². The van der Waals surface area contributed by atoms with E-state index in [1.165, 1.54) is 0 Å². The molecule has 0 saturated carbocycles. The standard InChI is InChI=1S/C10H14N2O/c1-10(5-7-11-8-10)13-9-4-2-3-6-12-9/h2-4,6,11H,5,7-8H2,1H3. The minimum atomic E-state index is -0.0750. The second kappa shape index (κ2) is 3.34. The Hall–Kier alpha value is -1.09. The van der Waals surface area contributed by atoms with Gasteiger partial charge in [-0.25, -0.2) is 4.98 Å². The minimum absolute atomic E-state index is 0.0750. The minimum Gasteiger partial charge on any atom is -0.470 e. The number of nitrogens with one attached hydrogen (secondary N) is 1. The summed E-state index contributed by atoms with van der Waals surface area (Å²) >= 11 is 0. The number of hydrogen-bond acceptors (Lipinski definition) is 3. The third kappa shape index (κ3) is 1.98. The lowest BCUT2D eigenvalue weighted by Gasteiger charge is -2.23. The van der Waals surface area contributed by atoms with Crippen LogP contribution in [0, 0.1) is 0 Å². The van der Waals surface area contributed by atoms with Gasteiger partial charge in [0.05, 0.1) is 0 Å². The van der Waals surface area contributed by atoms with Crippen LogP contribution in [0.4, 0.5) is 0 Å². The molecule has 0 radical (unpaired) electrons. The first-order chi connectivity index (χ1) is 6.29. The van der Waals surface area contributed by atoms with Crippen molar-refractivity contribution in [2.45, 2.75) is 18.9 Å². The number of rotatable bonds is 2. The molecular weight excluding hydrogens is 164 g/mol. The van der Waals surface area contributed by atoms with Gasteiger partial charge in [0.15, 0.2) is 0 Å². The summed E-state index contributed by atoms with van der Waals surface area (Å²) in [4.78, 5) is 4.14. The lowest BCUT2D eigenvalue weighted by atomic mass is 10.1. The lowest BCUT2D eigenvalue weighted by Crippen LogP contribution is -2.34. The third-order valence-electron chi connectivity index (χ3n) is 2.32. The van der Waals surface area contributed by atoms with E-state index < -0.39 is 0 Å². The van der Waals surface area contributed by atoms with Crippen molar-refractivity contribution < 1.29 is 4.74 Å². The van der Waals surface area contributed by atoms with Crippen LogP contribution in [0.1, 0.15) is 13.3 Å². The molecule has 0 bridgehead atoms. The van der Waals surface area contributed by atoms with Gasteiger partial charge in [-0.1, -0.05) is 6.07 Å². The van der Waals surface area contributed by atoms with Crippen molar-refractivity contribution in [3.8, 4) is 5.88 Å². The van der Waals surface area contributed by atoms with E-state index in [0.29, 0.717) is 5.88 Å². The maximum atomic E-state index is 5.79. The van der Waals surface area contributed by atoms with E-state index in [4.69, 9.17) is 4.74 Å². The average molecular weight is 178 g/mol.